The number of rotatable bonds is 43. The minimum absolute atomic E-state index is 0.0451. The number of fused-ring (bicyclic) bond motifs is 1. The number of aliphatic imine (C=N–C) groups is 1. The number of aromatic nitrogens is 1. The van der Waals surface area contributed by atoms with Gasteiger partial charge in [0.1, 0.15) is 10.7 Å². The fourth-order valence-electron chi connectivity index (χ4n) is 7.12. The summed E-state index contributed by atoms with van der Waals surface area (Å²) in [6.45, 7) is 12.9. The predicted octanol–water partition coefficient (Wildman–Crippen LogP) is 4.99. The molecule has 1 atom stereocenters. The maximum absolute atomic E-state index is 13.9. The van der Waals surface area contributed by atoms with E-state index in [9.17, 15) is 40.7 Å². The molecule has 2 aromatic carbocycles. The van der Waals surface area contributed by atoms with Gasteiger partial charge in [-0.3, -0.25) is 28.4 Å². The molecule has 2 amide bonds. The summed E-state index contributed by atoms with van der Waals surface area (Å²) in [7, 11) is 0. The van der Waals surface area contributed by atoms with Gasteiger partial charge in [-0.15, -0.1) is 0 Å². The molecule has 0 bridgehead atoms. The molecule has 1 unspecified atom stereocenters. The molecular formula is C53H72F4N5O17S-. The van der Waals surface area contributed by atoms with E-state index >= 15 is 0 Å². The Kier molecular flexibility index (Phi) is 32.8. The molecule has 3 aromatic rings. The standard InChI is InChI=1S/C53H73F4N5O17S/c1-4-10-62(78-5-2)53(65)40-32-39-7-6-38(33-43(39)61-44(58)34-40)42-36-59-41(31-37(42)3)35-60-45(63)8-11-68-13-15-70-17-19-72-21-23-74-25-27-76-29-30-77-28-26-75-24-22-73-20-18-71-16-14-69-12-9-46(64)79-51-47(54)49(56)52(80(66)67)50(57)48(51)55/h6-7,31-33,36H,4-5,8-30,34-35H2,1-3H3,(H2,58,61)(H,60,63)(H,66,67)/p-1. The highest BCUT2D eigenvalue weighted by Gasteiger charge is 2.29. The number of hydroxylamine groups is 2. The van der Waals surface area contributed by atoms with Gasteiger partial charge in [-0.1, -0.05) is 19.1 Å². The van der Waals surface area contributed by atoms with E-state index in [-0.39, 0.29) is 70.8 Å². The Morgan fingerprint density at radius 3 is 1.61 bits per heavy atom. The van der Waals surface area contributed by atoms with Crippen LogP contribution < -0.4 is 15.8 Å². The molecule has 2 heterocycles. The minimum Gasteiger partial charge on any atom is -0.768 e. The maximum Gasteiger partial charge on any atom is 0.313 e. The Balaban J connectivity index is 0.868. The van der Waals surface area contributed by atoms with Gasteiger partial charge in [-0.05, 0) is 60.7 Å². The molecule has 3 N–H and O–H groups in total. The van der Waals surface area contributed by atoms with Gasteiger partial charge in [-0.25, -0.2) is 18.8 Å². The summed E-state index contributed by atoms with van der Waals surface area (Å²) in [6, 6.07) is 7.74. The maximum atomic E-state index is 13.9. The Labute approximate surface area is 465 Å². The highest BCUT2D eigenvalue weighted by atomic mass is 32.2. The van der Waals surface area contributed by atoms with Crippen LogP contribution in [0.2, 0.25) is 0 Å². The van der Waals surface area contributed by atoms with E-state index < -0.39 is 57.4 Å². The van der Waals surface area contributed by atoms with Crippen LogP contribution in [-0.2, 0) is 84.2 Å². The van der Waals surface area contributed by atoms with Gasteiger partial charge in [0.25, 0.3) is 5.91 Å². The van der Waals surface area contributed by atoms with Crippen molar-refractivity contribution in [2.45, 2.75) is 57.9 Å². The molecule has 0 saturated carbocycles. The van der Waals surface area contributed by atoms with Crippen LogP contribution in [0.5, 0.6) is 5.75 Å². The Bertz CT molecular complexity index is 2440. The molecule has 446 valence electrons. The number of aryl methyl sites for hydroxylation is 1. The average molecular weight is 1160 g/mol. The number of carbonyl (C=O) groups is 3. The Morgan fingerprint density at radius 1 is 0.688 bits per heavy atom. The van der Waals surface area contributed by atoms with Crippen LogP contribution in [0.3, 0.4) is 0 Å². The number of nitrogens with zero attached hydrogens (tertiary/aromatic N) is 3. The molecular weight excluding hydrogens is 1090 g/mol. The molecule has 0 aliphatic carbocycles. The number of halogens is 4. The zero-order valence-corrected chi connectivity index (χ0v) is 46.2. The number of hydrogen-bond donors (Lipinski definition) is 2. The zero-order chi connectivity index (χ0) is 57.9. The number of pyridine rings is 1. The number of carbonyl (C=O) groups excluding carboxylic acids is 3. The van der Waals surface area contributed by atoms with Gasteiger partial charge in [-0.2, -0.15) is 8.78 Å². The highest BCUT2D eigenvalue weighted by molar-refractivity contribution is 7.79. The number of nitrogens with one attached hydrogen (secondary N) is 1. The third-order valence-corrected chi connectivity index (χ3v) is 11.7. The number of amidine groups is 1. The first kappa shape index (κ1) is 67.1. The van der Waals surface area contributed by atoms with Gasteiger partial charge < -0.3 is 67.7 Å². The van der Waals surface area contributed by atoms with Crippen molar-refractivity contribution in [2.75, 3.05) is 145 Å². The fourth-order valence-corrected chi connectivity index (χ4v) is 7.60. The third-order valence-electron chi connectivity index (χ3n) is 11.0. The predicted molar refractivity (Wildman–Crippen MR) is 280 cm³/mol. The molecule has 0 radical (unpaired) electrons. The van der Waals surface area contributed by atoms with Crippen molar-refractivity contribution in [3.05, 3.63) is 76.1 Å². The summed E-state index contributed by atoms with van der Waals surface area (Å²) in [6.07, 6.45) is 4.22. The number of esters is 1. The quantitative estimate of drug-likeness (QED) is 0.0144. The lowest BCUT2D eigenvalue weighted by Crippen LogP contribution is -2.34. The minimum atomic E-state index is -3.61. The molecule has 4 rings (SSSR count). The fraction of sp³-hybridized carbons (Fsp3) is 0.566. The molecule has 22 nitrogen and oxygen atoms in total. The van der Waals surface area contributed by atoms with Crippen molar-refractivity contribution in [2.24, 2.45) is 10.7 Å². The van der Waals surface area contributed by atoms with Crippen LogP contribution >= 0.6 is 0 Å². The summed E-state index contributed by atoms with van der Waals surface area (Å²) in [4.78, 5) is 50.5. The van der Waals surface area contributed by atoms with Crippen LogP contribution in [0.15, 0.2) is 45.9 Å². The van der Waals surface area contributed by atoms with E-state index in [2.05, 4.69) is 20.0 Å². The first-order valence-electron chi connectivity index (χ1n) is 26.0. The Morgan fingerprint density at radius 2 is 1.16 bits per heavy atom. The van der Waals surface area contributed by atoms with E-state index in [0.717, 1.165) is 28.7 Å². The van der Waals surface area contributed by atoms with E-state index in [1.807, 2.05) is 51.1 Å². The highest BCUT2D eigenvalue weighted by Crippen LogP contribution is 2.34. The van der Waals surface area contributed by atoms with Crippen LogP contribution in [0.25, 0.3) is 17.2 Å². The van der Waals surface area contributed by atoms with Crippen molar-refractivity contribution in [3.8, 4) is 16.9 Å². The van der Waals surface area contributed by atoms with Crippen LogP contribution in [0, 0.1) is 30.2 Å². The largest absolute Gasteiger partial charge is 0.768 e. The van der Waals surface area contributed by atoms with E-state index in [1.165, 1.54) is 5.06 Å². The number of ether oxygens (including phenoxy) is 11. The van der Waals surface area contributed by atoms with E-state index in [0.29, 0.717) is 128 Å². The SMILES string of the molecule is CCCN(OCC)C(=O)C1=Cc2ccc(-c3cnc(CNC(=O)CCOCCOCCOCCOCCOCCOCCOCCOCCOCCOCCC(=O)Oc4c(F)c(F)c(S(=O)[O-])c(F)c4F)cc3C)cc2N=C(N)C1. The van der Waals surface area contributed by atoms with Gasteiger partial charge in [0.15, 0.2) is 11.6 Å². The van der Waals surface area contributed by atoms with Crippen LogP contribution in [0.1, 0.15) is 56.4 Å². The second kappa shape index (κ2) is 39.1. The van der Waals surface area contributed by atoms with Crippen LogP contribution in [0.4, 0.5) is 23.2 Å². The van der Waals surface area contributed by atoms with Crippen molar-refractivity contribution in [1.82, 2.24) is 15.4 Å². The number of amides is 2. The summed E-state index contributed by atoms with van der Waals surface area (Å²) in [5, 5.41) is 4.27. The van der Waals surface area contributed by atoms with E-state index in [4.69, 9.17) is 57.9 Å². The number of nitrogens with two attached hydrogens (primary N) is 1. The summed E-state index contributed by atoms with van der Waals surface area (Å²) in [5.41, 5.74) is 11.7. The van der Waals surface area contributed by atoms with Crippen LogP contribution in [-0.4, -0.2) is 188 Å². The van der Waals surface area contributed by atoms with Gasteiger partial charge in [0.2, 0.25) is 23.3 Å². The number of hydrogen-bond acceptors (Lipinski definition) is 20. The second-order valence-electron chi connectivity index (χ2n) is 17.1. The lowest BCUT2D eigenvalue weighted by atomic mass is 9.99. The molecule has 0 spiro atoms. The zero-order valence-electron chi connectivity index (χ0n) is 45.3. The lowest BCUT2D eigenvalue weighted by Gasteiger charge is -2.21. The summed E-state index contributed by atoms with van der Waals surface area (Å²) < 4.78 is 136. The monoisotopic (exact) mass is 1160 g/mol. The molecule has 27 heteroatoms. The summed E-state index contributed by atoms with van der Waals surface area (Å²) in [5.74, 6) is -11.8. The average Bonchev–Trinajstić information content (AvgIpc) is 3.72. The second-order valence-corrected chi connectivity index (χ2v) is 17.9. The molecule has 0 fully saturated rings. The van der Waals surface area contributed by atoms with E-state index in [1.54, 1.807) is 6.20 Å². The molecule has 1 aliphatic rings. The van der Waals surface area contributed by atoms with Crippen molar-refractivity contribution < 1.29 is 97.7 Å². The number of benzene rings is 2. The van der Waals surface area contributed by atoms with Gasteiger partial charge >= 0.3 is 5.97 Å². The first-order chi connectivity index (χ1) is 38.7. The third kappa shape index (κ3) is 24.8. The van der Waals surface area contributed by atoms with Crippen molar-refractivity contribution in [1.29, 1.82) is 0 Å². The molecule has 1 aliphatic heterocycles. The first-order valence-corrected chi connectivity index (χ1v) is 27.1. The Hall–Kier alpha value is -5.40. The van der Waals surface area contributed by atoms with Gasteiger partial charge in [0.05, 0.1) is 163 Å². The molecule has 0 saturated heterocycles. The smallest absolute Gasteiger partial charge is 0.313 e. The topological polar surface area (TPSA) is 269 Å². The molecule has 1 aromatic heterocycles. The molecule has 80 heavy (non-hydrogen) atoms. The lowest BCUT2D eigenvalue weighted by molar-refractivity contribution is -0.180. The summed E-state index contributed by atoms with van der Waals surface area (Å²) >= 11 is -3.61. The normalized spacial score (nSPS) is 12.7. The van der Waals surface area contributed by atoms with Crippen molar-refractivity contribution >= 4 is 46.5 Å². The van der Waals surface area contributed by atoms with Gasteiger partial charge in [0, 0.05) is 42.3 Å². The van der Waals surface area contributed by atoms with Crippen molar-refractivity contribution in [3.63, 3.8) is 0 Å².